The quantitative estimate of drug-likeness (QED) is 0.778. The number of aliphatic hydroxyl groups is 1. The molecule has 0 radical (unpaired) electrons. The van der Waals surface area contributed by atoms with E-state index in [1.165, 1.54) is 10.8 Å². The highest BCUT2D eigenvalue weighted by Gasteiger charge is 2.45. The van der Waals surface area contributed by atoms with E-state index in [2.05, 4.69) is 4.98 Å². The minimum atomic E-state index is -1.30. The zero-order valence-corrected chi connectivity index (χ0v) is 14.5. The van der Waals surface area contributed by atoms with Crippen LogP contribution in [0.5, 0.6) is 0 Å². The van der Waals surface area contributed by atoms with E-state index in [-0.39, 0.29) is 13.0 Å². The fourth-order valence-corrected chi connectivity index (χ4v) is 2.86. The first-order chi connectivity index (χ1) is 12.3. The highest BCUT2D eigenvalue weighted by molar-refractivity contribution is 5.89. The fourth-order valence-electron chi connectivity index (χ4n) is 2.86. The van der Waals surface area contributed by atoms with Crippen molar-refractivity contribution in [2.24, 2.45) is 0 Å². The van der Waals surface area contributed by atoms with E-state index in [0.717, 1.165) is 0 Å². The number of benzene rings is 1. The number of ether oxygens (including phenoxy) is 2. The predicted octanol–water partition coefficient (Wildman–Crippen LogP) is 0.741. The Morgan fingerprint density at radius 3 is 2.77 bits per heavy atom. The van der Waals surface area contributed by atoms with Gasteiger partial charge in [0, 0.05) is 18.2 Å². The second-order valence-corrected chi connectivity index (χ2v) is 6.58. The molecule has 1 fully saturated rings. The number of aryl methyl sites for hydroxylation is 1. The van der Waals surface area contributed by atoms with Crippen LogP contribution < -0.4 is 11.2 Å². The number of carbonyl (C=O) groups excluding carboxylic acids is 1. The molecule has 1 saturated heterocycles. The summed E-state index contributed by atoms with van der Waals surface area (Å²) in [5, 5.41) is 10.6. The summed E-state index contributed by atoms with van der Waals surface area (Å²) >= 11 is 0. The fraction of sp³-hybridized carbons (Fsp3) is 0.389. The molecule has 1 aromatic heterocycles. The van der Waals surface area contributed by atoms with E-state index in [4.69, 9.17) is 9.47 Å². The molecule has 26 heavy (non-hydrogen) atoms. The topological polar surface area (TPSA) is 111 Å². The Morgan fingerprint density at radius 1 is 1.38 bits per heavy atom. The Bertz CT molecular complexity index is 915. The number of rotatable bonds is 4. The first kappa shape index (κ1) is 18.1. The lowest BCUT2D eigenvalue weighted by Gasteiger charge is -2.22. The Labute approximate surface area is 149 Å². The van der Waals surface area contributed by atoms with Crippen molar-refractivity contribution in [3.63, 3.8) is 0 Å². The molecule has 2 aromatic rings. The van der Waals surface area contributed by atoms with Crippen molar-refractivity contribution >= 4 is 5.97 Å². The Kier molecular flexibility index (Phi) is 4.80. The summed E-state index contributed by atoms with van der Waals surface area (Å²) in [5.74, 6) is -0.523. The largest absolute Gasteiger partial charge is 0.459 e. The van der Waals surface area contributed by atoms with E-state index in [0.29, 0.717) is 11.1 Å². The molecule has 0 amide bonds. The second-order valence-electron chi connectivity index (χ2n) is 6.58. The number of hydrogen-bond acceptors (Lipinski definition) is 6. The van der Waals surface area contributed by atoms with E-state index < -0.39 is 35.2 Å². The van der Waals surface area contributed by atoms with Crippen LogP contribution in [-0.4, -0.2) is 38.9 Å². The third-order valence-electron chi connectivity index (χ3n) is 4.43. The first-order valence-electron chi connectivity index (χ1n) is 8.20. The molecule has 8 nitrogen and oxygen atoms in total. The number of H-pyrrole nitrogens is 1. The Balaban J connectivity index is 1.72. The maximum Gasteiger partial charge on any atom is 0.338 e. The van der Waals surface area contributed by atoms with Crippen LogP contribution in [0.2, 0.25) is 0 Å². The maximum atomic E-state index is 12.0. The molecule has 1 aromatic carbocycles. The third kappa shape index (κ3) is 3.61. The summed E-state index contributed by atoms with van der Waals surface area (Å²) in [6, 6.07) is 8.48. The van der Waals surface area contributed by atoms with Gasteiger partial charge in [0.25, 0.3) is 5.56 Å². The van der Waals surface area contributed by atoms with Gasteiger partial charge in [-0.2, -0.15) is 0 Å². The average molecular weight is 360 g/mol. The van der Waals surface area contributed by atoms with Crippen LogP contribution in [-0.2, 0) is 9.47 Å². The van der Waals surface area contributed by atoms with Crippen LogP contribution in [0.15, 0.2) is 46.1 Å². The van der Waals surface area contributed by atoms with Crippen molar-refractivity contribution < 1.29 is 19.4 Å². The van der Waals surface area contributed by atoms with Crippen molar-refractivity contribution in [3.8, 4) is 0 Å². The highest BCUT2D eigenvalue weighted by atomic mass is 16.6. The highest BCUT2D eigenvalue weighted by Crippen LogP contribution is 2.36. The molecule has 138 valence electrons. The van der Waals surface area contributed by atoms with Crippen molar-refractivity contribution in [2.45, 2.75) is 38.2 Å². The molecule has 0 aliphatic carbocycles. The Hall–Kier alpha value is -2.71. The van der Waals surface area contributed by atoms with Crippen LogP contribution in [0, 0.1) is 6.92 Å². The number of nitrogens with zero attached hydrogens (tertiary/aromatic N) is 1. The van der Waals surface area contributed by atoms with Gasteiger partial charge < -0.3 is 14.6 Å². The monoisotopic (exact) mass is 360 g/mol. The van der Waals surface area contributed by atoms with Crippen LogP contribution in [0.25, 0.3) is 0 Å². The van der Waals surface area contributed by atoms with Gasteiger partial charge in [0.15, 0.2) is 0 Å². The van der Waals surface area contributed by atoms with E-state index in [9.17, 15) is 19.5 Å². The third-order valence-corrected chi connectivity index (χ3v) is 4.43. The summed E-state index contributed by atoms with van der Waals surface area (Å²) in [7, 11) is 0. The van der Waals surface area contributed by atoms with E-state index >= 15 is 0 Å². The average Bonchev–Trinajstić information content (AvgIpc) is 2.91. The zero-order valence-electron chi connectivity index (χ0n) is 14.5. The van der Waals surface area contributed by atoms with Gasteiger partial charge in [-0.15, -0.1) is 0 Å². The molecule has 2 N–H and O–H groups in total. The van der Waals surface area contributed by atoms with Gasteiger partial charge in [-0.1, -0.05) is 18.2 Å². The number of aromatic nitrogens is 2. The lowest BCUT2D eigenvalue weighted by Crippen LogP contribution is -2.38. The second kappa shape index (κ2) is 6.89. The van der Waals surface area contributed by atoms with Gasteiger partial charge in [0.1, 0.15) is 18.9 Å². The number of carbonyl (C=O) groups is 1. The van der Waals surface area contributed by atoms with Gasteiger partial charge in [-0.05, 0) is 26.0 Å². The minimum absolute atomic E-state index is 0.117. The summed E-state index contributed by atoms with van der Waals surface area (Å²) in [6.45, 7) is 2.97. The van der Waals surface area contributed by atoms with Gasteiger partial charge in [0.05, 0.1) is 11.2 Å². The van der Waals surface area contributed by atoms with Crippen molar-refractivity contribution in [2.75, 3.05) is 6.61 Å². The van der Waals surface area contributed by atoms with Gasteiger partial charge in [0.2, 0.25) is 0 Å². The van der Waals surface area contributed by atoms with Crippen LogP contribution in [0.1, 0.15) is 35.5 Å². The molecule has 8 heteroatoms. The molecule has 3 atom stereocenters. The molecular formula is C18H20N2O6. The van der Waals surface area contributed by atoms with Crippen LogP contribution in [0.4, 0.5) is 0 Å². The number of aromatic amines is 1. The lowest BCUT2D eigenvalue weighted by atomic mass is 9.98. The molecule has 1 aliphatic heterocycles. The van der Waals surface area contributed by atoms with Crippen molar-refractivity contribution in [3.05, 3.63) is 68.5 Å². The van der Waals surface area contributed by atoms with Crippen molar-refractivity contribution in [1.82, 2.24) is 9.55 Å². The van der Waals surface area contributed by atoms with Crippen molar-refractivity contribution in [1.29, 1.82) is 0 Å². The standard InChI is InChI=1S/C18H20N2O6/c1-11-9-20(17(23)19-15(11)21)14-8-18(2,24)13(26-14)10-25-16(22)12-6-4-3-5-7-12/h3-7,9,13-14,24H,8,10H2,1-2H3,(H,19,21,23)/t13-,14-,18-/m1/s1. The molecule has 3 rings (SSSR count). The molecule has 0 spiro atoms. The first-order valence-corrected chi connectivity index (χ1v) is 8.20. The summed E-state index contributed by atoms with van der Waals surface area (Å²) in [6.07, 6.45) is -0.0700. The molecular weight excluding hydrogens is 340 g/mol. The number of hydrogen-bond donors (Lipinski definition) is 2. The summed E-state index contributed by atoms with van der Waals surface area (Å²) in [5.41, 5.74) is -1.64. The molecule has 2 heterocycles. The minimum Gasteiger partial charge on any atom is -0.459 e. The van der Waals surface area contributed by atoms with Gasteiger partial charge in [-0.25, -0.2) is 9.59 Å². The molecule has 0 saturated carbocycles. The lowest BCUT2D eigenvalue weighted by molar-refractivity contribution is -0.0799. The SMILES string of the molecule is Cc1cn([C@H]2C[C@@](C)(O)[C@@H](COC(=O)c3ccccc3)O2)c(=O)[nH]c1=O. The predicted molar refractivity (Wildman–Crippen MR) is 91.9 cm³/mol. The van der Waals surface area contributed by atoms with Gasteiger partial charge >= 0.3 is 11.7 Å². The van der Waals surface area contributed by atoms with E-state index in [1.54, 1.807) is 44.2 Å². The summed E-state index contributed by atoms with van der Waals surface area (Å²) in [4.78, 5) is 37.8. The smallest absolute Gasteiger partial charge is 0.338 e. The molecule has 1 aliphatic rings. The van der Waals surface area contributed by atoms with Crippen LogP contribution >= 0.6 is 0 Å². The zero-order chi connectivity index (χ0) is 18.9. The normalized spacial score (nSPS) is 25.2. The molecule has 0 unspecified atom stereocenters. The summed E-state index contributed by atoms with van der Waals surface area (Å²) < 4.78 is 12.2. The van der Waals surface area contributed by atoms with Gasteiger partial charge in [-0.3, -0.25) is 14.3 Å². The Morgan fingerprint density at radius 2 is 2.08 bits per heavy atom. The van der Waals surface area contributed by atoms with E-state index in [1.807, 2.05) is 0 Å². The van der Waals surface area contributed by atoms with Crippen LogP contribution in [0.3, 0.4) is 0 Å². The maximum absolute atomic E-state index is 12.0. The number of esters is 1. The molecule has 0 bridgehead atoms. The number of nitrogens with one attached hydrogen (secondary N) is 1.